The summed E-state index contributed by atoms with van der Waals surface area (Å²) in [6.45, 7) is -0.514. The zero-order chi connectivity index (χ0) is 30.8. The van der Waals surface area contributed by atoms with Gasteiger partial charge in [-0.15, -0.1) is 0 Å². The van der Waals surface area contributed by atoms with Crippen LogP contribution in [0.15, 0.2) is 49.1 Å². The van der Waals surface area contributed by atoms with Crippen LogP contribution in [-0.2, 0) is 16.1 Å². The zero-order valence-electron chi connectivity index (χ0n) is 23.9. The second kappa shape index (κ2) is 12.8. The van der Waals surface area contributed by atoms with Crippen LogP contribution in [0.4, 0.5) is 14.5 Å². The summed E-state index contributed by atoms with van der Waals surface area (Å²) in [7, 11) is 2.12. The highest BCUT2D eigenvalue weighted by atomic mass is 35.5. The third-order valence-electron chi connectivity index (χ3n) is 8.12. The third kappa shape index (κ3) is 6.37. The van der Waals surface area contributed by atoms with E-state index in [9.17, 15) is 18.4 Å². The van der Waals surface area contributed by atoms with Crippen LogP contribution in [0.1, 0.15) is 29.6 Å². The van der Waals surface area contributed by atoms with Crippen molar-refractivity contribution in [2.75, 3.05) is 38.7 Å². The maximum absolute atomic E-state index is 13.4. The molecule has 0 aliphatic carbocycles. The number of anilines is 1. The number of likely N-dealkylation sites (N-methyl/N-ethyl adjacent to an activating group) is 1. The van der Waals surface area contributed by atoms with Crippen molar-refractivity contribution in [1.29, 1.82) is 0 Å². The van der Waals surface area contributed by atoms with Gasteiger partial charge in [0, 0.05) is 61.0 Å². The van der Waals surface area contributed by atoms with Gasteiger partial charge >= 0.3 is 6.61 Å². The number of fused-ring (bicyclic) bond motifs is 1. The number of aromatic nitrogens is 5. The van der Waals surface area contributed by atoms with E-state index in [2.05, 4.69) is 32.4 Å². The van der Waals surface area contributed by atoms with Crippen molar-refractivity contribution in [3.8, 4) is 17.0 Å². The number of hydrogen-bond donors (Lipinski definition) is 1. The van der Waals surface area contributed by atoms with Crippen LogP contribution in [-0.4, -0.2) is 98.0 Å². The van der Waals surface area contributed by atoms with Crippen LogP contribution in [0, 0.1) is 0 Å². The van der Waals surface area contributed by atoms with Crippen molar-refractivity contribution in [3.05, 3.63) is 59.6 Å². The Bertz CT molecular complexity index is 1650. The van der Waals surface area contributed by atoms with E-state index < -0.39 is 12.5 Å². The molecule has 1 N–H and O–H groups in total. The van der Waals surface area contributed by atoms with Crippen LogP contribution in [0.5, 0.6) is 5.75 Å². The first-order valence-electron chi connectivity index (χ1n) is 14.3. The molecule has 1 aromatic carbocycles. The molecule has 232 valence electrons. The number of carbonyl (C=O) groups is 2. The highest BCUT2D eigenvalue weighted by Gasteiger charge is 2.31. The number of alkyl halides is 2. The summed E-state index contributed by atoms with van der Waals surface area (Å²) in [4.78, 5) is 35.1. The highest BCUT2D eigenvalue weighted by Crippen LogP contribution is 2.37. The molecule has 2 amide bonds. The average Bonchev–Trinajstić information content (AvgIpc) is 3.78. The lowest BCUT2D eigenvalue weighted by Gasteiger charge is -2.39. The molecule has 15 heteroatoms. The summed E-state index contributed by atoms with van der Waals surface area (Å²) in [5.41, 5.74) is 0.907. The number of benzene rings is 1. The number of amides is 2. The van der Waals surface area contributed by atoms with E-state index in [-0.39, 0.29) is 45.7 Å². The predicted molar refractivity (Wildman–Crippen MR) is 157 cm³/mol. The summed E-state index contributed by atoms with van der Waals surface area (Å²) in [6.07, 6.45) is 8.74. The SMILES string of the molecule is CN(C1CCN(C(=O)Cn2cc(NC(=O)c3cnn4cccnc34)c(-c3cc(Cl)ccc3OC(F)F)n2)CC1)[C@H]1CCOC1. The maximum Gasteiger partial charge on any atom is 0.387 e. The van der Waals surface area contributed by atoms with Gasteiger partial charge in [-0.25, -0.2) is 9.50 Å². The van der Waals surface area contributed by atoms with Gasteiger partial charge in [0.2, 0.25) is 5.91 Å². The minimum Gasteiger partial charge on any atom is -0.434 e. The van der Waals surface area contributed by atoms with Crippen molar-refractivity contribution < 1.29 is 27.8 Å². The number of ether oxygens (including phenoxy) is 2. The first-order chi connectivity index (χ1) is 21.3. The topological polar surface area (TPSA) is 119 Å². The standard InChI is InChI=1S/C29H31ClF2N8O4/c1-37(20-7-12-43-17-20)19-5-10-38(11-6-19)25(41)16-39-15-23(35-28(42)22-14-34-40-9-2-8-33-27(22)40)26(36-39)21-13-18(30)3-4-24(21)44-29(31)32/h2-4,8-9,13-15,19-20,29H,5-7,10-12,16-17H2,1H3,(H,35,42)/t20-/m0/s1. The van der Waals surface area contributed by atoms with E-state index in [1.54, 1.807) is 17.2 Å². The average molecular weight is 629 g/mol. The number of piperidine rings is 1. The Morgan fingerprint density at radius 3 is 2.80 bits per heavy atom. The molecule has 2 fully saturated rings. The Morgan fingerprint density at radius 2 is 2.05 bits per heavy atom. The molecule has 4 aromatic rings. The van der Waals surface area contributed by atoms with Crippen LogP contribution in [0.3, 0.4) is 0 Å². The lowest BCUT2D eigenvalue weighted by atomic mass is 10.0. The summed E-state index contributed by atoms with van der Waals surface area (Å²) < 4.78 is 39.7. The van der Waals surface area contributed by atoms with Gasteiger partial charge in [0.25, 0.3) is 5.91 Å². The third-order valence-corrected chi connectivity index (χ3v) is 8.35. The van der Waals surface area contributed by atoms with Crippen molar-refractivity contribution in [2.45, 2.75) is 44.5 Å². The van der Waals surface area contributed by atoms with Crippen molar-refractivity contribution in [2.24, 2.45) is 0 Å². The van der Waals surface area contributed by atoms with Crippen LogP contribution >= 0.6 is 11.6 Å². The molecule has 6 rings (SSSR count). The number of hydrogen-bond acceptors (Lipinski definition) is 8. The Kier molecular flexibility index (Phi) is 8.73. The van der Waals surface area contributed by atoms with E-state index in [4.69, 9.17) is 21.1 Å². The number of nitrogens with zero attached hydrogens (tertiary/aromatic N) is 7. The molecule has 0 unspecified atom stereocenters. The van der Waals surface area contributed by atoms with Crippen molar-refractivity contribution in [1.82, 2.24) is 34.2 Å². The minimum atomic E-state index is -3.11. The molecule has 3 aromatic heterocycles. The number of carbonyl (C=O) groups excluding carboxylic acids is 2. The van der Waals surface area contributed by atoms with Gasteiger partial charge in [-0.3, -0.25) is 19.2 Å². The van der Waals surface area contributed by atoms with Crippen LogP contribution in [0.2, 0.25) is 5.02 Å². The van der Waals surface area contributed by atoms with E-state index in [0.29, 0.717) is 30.8 Å². The molecule has 0 saturated carbocycles. The molecule has 0 spiro atoms. The quantitative estimate of drug-likeness (QED) is 0.297. The molecule has 2 aliphatic heterocycles. The highest BCUT2D eigenvalue weighted by molar-refractivity contribution is 6.31. The predicted octanol–water partition coefficient (Wildman–Crippen LogP) is 3.81. The number of rotatable bonds is 9. The zero-order valence-corrected chi connectivity index (χ0v) is 24.7. The Labute approximate surface area is 256 Å². The maximum atomic E-state index is 13.4. The molecule has 0 bridgehead atoms. The molecule has 2 saturated heterocycles. The molecule has 5 heterocycles. The van der Waals surface area contributed by atoms with E-state index >= 15 is 0 Å². The fourth-order valence-corrected chi connectivity index (χ4v) is 5.93. The molecular weight excluding hydrogens is 598 g/mol. The largest absolute Gasteiger partial charge is 0.434 e. The summed E-state index contributed by atoms with van der Waals surface area (Å²) in [5.74, 6) is -0.889. The smallest absolute Gasteiger partial charge is 0.387 e. The fraction of sp³-hybridized carbons (Fsp3) is 0.414. The summed E-state index contributed by atoms with van der Waals surface area (Å²) >= 11 is 6.22. The fourth-order valence-electron chi connectivity index (χ4n) is 5.76. The van der Waals surface area contributed by atoms with Gasteiger partial charge < -0.3 is 19.7 Å². The number of likely N-dealkylation sites (tertiary alicyclic amines) is 1. The Hall–Kier alpha value is -4.14. The first kappa shape index (κ1) is 29.9. The first-order valence-corrected chi connectivity index (χ1v) is 14.6. The lowest BCUT2D eigenvalue weighted by molar-refractivity contribution is -0.133. The van der Waals surface area contributed by atoms with Gasteiger partial charge in [0.05, 0.1) is 18.5 Å². The lowest BCUT2D eigenvalue weighted by Crippen LogP contribution is -2.49. The Morgan fingerprint density at radius 1 is 1.23 bits per heavy atom. The number of nitrogens with one attached hydrogen (secondary N) is 1. The van der Waals surface area contributed by atoms with Gasteiger partial charge in [0.1, 0.15) is 23.6 Å². The van der Waals surface area contributed by atoms with Gasteiger partial charge in [-0.1, -0.05) is 11.6 Å². The van der Waals surface area contributed by atoms with E-state index in [1.165, 1.54) is 46.0 Å². The number of halogens is 3. The second-order valence-electron chi connectivity index (χ2n) is 10.8. The van der Waals surface area contributed by atoms with Gasteiger partial charge in [-0.2, -0.15) is 19.0 Å². The Balaban J connectivity index is 1.24. The van der Waals surface area contributed by atoms with Gasteiger partial charge in [0.15, 0.2) is 5.65 Å². The normalized spacial score (nSPS) is 17.6. The molecule has 0 radical (unpaired) electrons. The molecule has 2 aliphatic rings. The molecule has 12 nitrogen and oxygen atoms in total. The van der Waals surface area contributed by atoms with Crippen molar-refractivity contribution in [3.63, 3.8) is 0 Å². The monoisotopic (exact) mass is 628 g/mol. The van der Waals surface area contributed by atoms with Gasteiger partial charge in [-0.05, 0) is 50.6 Å². The second-order valence-corrected chi connectivity index (χ2v) is 11.2. The minimum absolute atomic E-state index is 0.104. The van der Waals surface area contributed by atoms with Crippen molar-refractivity contribution >= 4 is 34.7 Å². The summed E-state index contributed by atoms with van der Waals surface area (Å²) in [6, 6.07) is 6.57. The van der Waals surface area contributed by atoms with E-state index in [0.717, 1.165) is 32.5 Å². The molecule has 44 heavy (non-hydrogen) atoms. The summed E-state index contributed by atoms with van der Waals surface area (Å²) in [5, 5.41) is 11.7. The van der Waals surface area contributed by atoms with Crippen LogP contribution in [0.25, 0.3) is 16.9 Å². The molecule has 1 atom stereocenters. The molecular formula is C29H31ClF2N8O4. The van der Waals surface area contributed by atoms with E-state index in [1.807, 2.05) is 0 Å². The van der Waals surface area contributed by atoms with Crippen LogP contribution < -0.4 is 10.1 Å².